The standard InChI is InChI=1S/C31H40N4O6/c1-10-21-25-27(32-18-22(33-25)19-13-15-34(16-14-19)28(36)40-30(2,3)4)35(29(37)41-31(5,6)7)26(21)20-11-12-23(38-8)24(17-20)39-9/h11-13,17-18H,10,14-16H2,1-9H3. The number of benzene rings is 1. The number of aromatic nitrogens is 3. The number of carbonyl (C=O) groups is 2. The molecular weight excluding hydrogens is 524 g/mol. The molecule has 0 fully saturated rings. The van der Waals surface area contributed by atoms with E-state index in [4.69, 9.17) is 28.9 Å². The summed E-state index contributed by atoms with van der Waals surface area (Å²) in [6.07, 6.45) is 3.98. The van der Waals surface area contributed by atoms with Crippen LogP contribution < -0.4 is 9.47 Å². The van der Waals surface area contributed by atoms with Crippen molar-refractivity contribution in [3.63, 3.8) is 0 Å². The van der Waals surface area contributed by atoms with E-state index in [1.54, 1.807) is 31.4 Å². The Morgan fingerprint density at radius 1 is 0.951 bits per heavy atom. The zero-order chi connectivity index (χ0) is 30.1. The molecule has 0 bridgehead atoms. The molecular formula is C31H40N4O6. The molecule has 1 amide bonds. The van der Waals surface area contributed by atoms with Crippen molar-refractivity contribution in [1.82, 2.24) is 19.4 Å². The maximum atomic E-state index is 13.6. The van der Waals surface area contributed by atoms with Crippen LogP contribution in [-0.2, 0) is 15.9 Å². The third-order valence-electron chi connectivity index (χ3n) is 6.54. The van der Waals surface area contributed by atoms with Gasteiger partial charge < -0.3 is 23.8 Å². The Balaban J connectivity index is 1.82. The van der Waals surface area contributed by atoms with Crippen LogP contribution in [0.4, 0.5) is 9.59 Å². The second-order valence-corrected chi connectivity index (χ2v) is 11.9. The molecule has 1 aliphatic rings. The molecule has 2 aromatic heterocycles. The Kier molecular flexibility index (Phi) is 8.33. The molecule has 4 rings (SSSR count). The van der Waals surface area contributed by atoms with Gasteiger partial charge in [0.05, 0.1) is 31.8 Å². The van der Waals surface area contributed by atoms with Gasteiger partial charge in [0, 0.05) is 24.2 Å². The lowest BCUT2D eigenvalue weighted by molar-refractivity contribution is 0.0270. The number of rotatable bonds is 5. The van der Waals surface area contributed by atoms with Gasteiger partial charge in [0.2, 0.25) is 0 Å². The van der Waals surface area contributed by atoms with Crippen LogP contribution in [0.25, 0.3) is 28.0 Å². The van der Waals surface area contributed by atoms with Crippen LogP contribution in [0, 0.1) is 0 Å². The van der Waals surface area contributed by atoms with Gasteiger partial charge in [-0.3, -0.25) is 0 Å². The molecule has 0 saturated heterocycles. The summed E-state index contributed by atoms with van der Waals surface area (Å²) in [6.45, 7) is 14.0. The molecule has 10 nitrogen and oxygen atoms in total. The average Bonchev–Trinajstić information content (AvgIpc) is 3.24. The van der Waals surface area contributed by atoms with E-state index in [2.05, 4.69) is 0 Å². The molecule has 0 spiro atoms. The number of nitrogens with zero attached hydrogens (tertiary/aromatic N) is 4. The van der Waals surface area contributed by atoms with E-state index in [1.165, 1.54) is 4.57 Å². The lowest BCUT2D eigenvalue weighted by atomic mass is 10.0. The second-order valence-electron chi connectivity index (χ2n) is 11.9. The van der Waals surface area contributed by atoms with E-state index in [-0.39, 0.29) is 6.09 Å². The molecule has 3 aromatic rings. The van der Waals surface area contributed by atoms with Gasteiger partial charge in [0.25, 0.3) is 0 Å². The largest absolute Gasteiger partial charge is 0.493 e. The summed E-state index contributed by atoms with van der Waals surface area (Å²) in [5.41, 5.74) is 3.71. The smallest absolute Gasteiger partial charge is 0.420 e. The summed E-state index contributed by atoms with van der Waals surface area (Å²) in [4.78, 5) is 37.6. The molecule has 1 aliphatic heterocycles. The van der Waals surface area contributed by atoms with Crippen LogP contribution in [-0.4, -0.2) is 70.1 Å². The van der Waals surface area contributed by atoms with Gasteiger partial charge in [0.1, 0.15) is 16.7 Å². The third kappa shape index (κ3) is 6.47. The van der Waals surface area contributed by atoms with E-state index in [1.807, 2.05) is 66.7 Å². The predicted octanol–water partition coefficient (Wildman–Crippen LogP) is 6.49. The number of hydrogen-bond acceptors (Lipinski definition) is 8. The van der Waals surface area contributed by atoms with Gasteiger partial charge in [-0.1, -0.05) is 13.0 Å². The molecule has 220 valence electrons. The van der Waals surface area contributed by atoms with E-state index < -0.39 is 17.3 Å². The highest BCUT2D eigenvalue weighted by Crippen LogP contribution is 2.38. The Morgan fingerprint density at radius 2 is 1.61 bits per heavy atom. The fourth-order valence-electron chi connectivity index (χ4n) is 4.76. The summed E-state index contributed by atoms with van der Waals surface area (Å²) < 4.78 is 23.8. The minimum atomic E-state index is -0.713. The summed E-state index contributed by atoms with van der Waals surface area (Å²) in [5.74, 6) is 1.12. The van der Waals surface area contributed by atoms with Crippen molar-refractivity contribution in [2.24, 2.45) is 0 Å². The van der Waals surface area contributed by atoms with Crippen molar-refractivity contribution in [3.8, 4) is 22.8 Å². The Labute approximate surface area is 241 Å². The number of amides is 1. The Bertz CT molecular complexity index is 1490. The second kappa shape index (κ2) is 11.4. The summed E-state index contributed by atoms with van der Waals surface area (Å²) >= 11 is 0. The monoisotopic (exact) mass is 564 g/mol. The quantitative estimate of drug-likeness (QED) is 0.347. The molecule has 0 radical (unpaired) electrons. The van der Waals surface area contributed by atoms with E-state index >= 15 is 0 Å². The molecule has 0 atom stereocenters. The summed E-state index contributed by atoms with van der Waals surface area (Å²) in [5, 5.41) is 0. The van der Waals surface area contributed by atoms with Crippen molar-refractivity contribution >= 4 is 28.9 Å². The van der Waals surface area contributed by atoms with Crippen LogP contribution in [0.1, 0.15) is 66.1 Å². The lowest BCUT2D eigenvalue weighted by Crippen LogP contribution is -2.39. The first kappa shape index (κ1) is 29.9. The first-order valence-electron chi connectivity index (χ1n) is 13.8. The molecule has 0 unspecified atom stereocenters. The number of carbonyl (C=O) groups excluding carboxylic acids is 2. The van der Waals surface area contributed by atoms with Crippen molar-refractivity contribution in [2.45, 2.75) is 72.5 Å². The highest BCUT2D eigenvalue weighted by molar-refractivity contribution is 5.96. The molecule has 10 heteroatoms. The average molecular weight is 565 g/mol. The van der Waals surface area contributed by atoms with Crippen LogP contribution in [0.5, 0.6) is 11.5 Å². The van der Waals surface area contributed by atoms with Gasteiger partial charge in [-0.15, -0.1) is 0 Å². The van der Waals surface area contributed by atoms with E-state index in [9.17, 15) is 9.59 Å². The Hall–Kier alpha value is -4.08. The van der Waals surface area contributed by atoms with Crippen molar-refractivity contribution < 1.29 is 28.5 Å². The SMILES string of the molecule is CCc1c(-c2ccc(OC)c(OC)c2)n(C(=O)OC(C)(C)C)c2ncc(C3=CCN(C(=O)OC(C)(C)C)CC3)nc12. The number of ether oxygens (including phenoxy) is 4. The van der Waals surface area contributed by atoms with Gasteiger partial charge in [-0.25, -0.2) is 24.1 Å². The summed E-state index contributed by atoms with van der Waals surface area (Å²) in [6, 6.07) is 5.52. The fraction of sp³-hybridized carbons (Fsp3) is 0.484. The normalized spacial score (nSPS) is 14.1. The zero-order valence-electron chi connectivity index (χ0n) is 25.5. The molecule has 41 heavy (non-hydrogen) atoms. The molecule has 0 saturated carbocycles. The topological polar surface area (TPSA) is 105 Å². The molecule has 0 N–H and O–H groups in total. The first-order chi connectivity index (χ1) is 19.3. The predicted molar refractivity (Wildman–Crippen MR) is 157 cm³/mol. The van der Waals surface area contributed by atoms with Crippen molar-refractivity contribution in [1.29, 1.82) is 0 Å². The first-order valence-corrected chi connectivity index (χ1v) is 13.8. The highest BCUT2D eigenvalue weighted by Gasteiger charge is 2.29. The highest BCUT2D eigenvalue weighted by atomic mass is 16.6. The van der Waals surface area contributed by atoms with Crippen LogP contribution in [0.15, 0.2) is 30.5 Å². The lowest BCUT2D eigenvalue weighted by Gasteiger charge is -2.29. The van der Waals surface area contributed by atoms with Crippen LogP contribution in [0.2, 0.25) is 0 Å². The van der Waals surface area contributed by atoms with Gasteiger partial charge in [-0.05, 0) is 78.2 Å². The third-order valence-corrected chi connectivity index (χ3v) is 6.54. The Morgan fingerprint density at radius 3 is 2.17 bits per heavy atom. The van der Waals surface area contributed by atoms with Crippen molar-refractivity contribution in [2.75, 3.05) is 27.3 Å². The molecule has 1 aromatic carbocycles. The van der Waals surface area contributed by atoms with Gasteiger partial charge in [0.15, 0.2) is 17.1 Å². The summed E-state index contributed by atoms with van der Waals surface area (Å²) in [7, 11) is 3.15. The van der Waals surface area contributed by atoms with Gasteiger partial charge >= 0.3 is 12.2 Å². The van der Waals surface area contributed by atoms with Crippen molar-refractivity contribution in [3.05, 3.63) is 41.7 Å². The maximum Gasteiger partial charge on any atom is 0.420 e. The number of aryl methyl sites for hydroxylation is 1. The fourth-order valence-corrected chi connectivity index (χ4v) is 4.76. The van der Waals surface area contributed by atoms with Crippen LogP contribution in [0.3, 0.4) is 0 Å². The van der Waals surface area contributed by atoms with E-state index in [0.29, 0.717) is 60.0 Å². The number of hydrogen-bond donors (Lipinski definition) is 0. The number of methoxy groups -OCH3 is 2. The van der Waals surface area contributed by atoms with E-state index in [0.717, 1.165) is 16.7 Å². The van der Waals surface area contributed by atoms with Gasteiger partial charge in [-0.2, -0.15) is 0 Å². The zero-order valence-corrected chi connectivity index (χ0v) is 25.5. The molecule has 0 aliphatic carbocycles. The van der Waals surface area contributed by atoms with Crippen LogP contribution >= 0.6 is 0 Å². The number of fused-ring (bicyclic) bond motifs is 1. The maximum absolute atomic E-state index is 13.6. The minimum Gasteiger partial charge on any atom is -0.493 e. The minimum absolute atomic E-state index is 0.336. The molecule has 3 heterocycles.